The smallest absolute Gasteiger partial charge is 0.357 e. The molecule has 0 atom stereocenters. The Hall–Kier alpha value is -1.95. The molecule has 6 heteroatoms. The Morgan fingerprint density at radius 1 is 1.40 bits per heavy atom. The number of thiazole rings is 1. The lowest BCUT2D eigenvalue weighted by Gasteiger charge is -2.14. The van der Waals surface area contributed by atoms with Crippen LogP contribution < -0.4 is 5.73 Å². The van der Waals surface area contributed by atoms with E-state index in [9.17, 15) is 4.79 Å². The second-order valence-electron chi connectivity index (χ2n) is 5.43. The molecule has 5 nitrogen and oxygen atoms in total. The van der Waals surface area contributed by atoms with Gasteiger partial charge in [-0.2, -0.15) is 0 Å². The number of pyridine rings is 1. The van der Waals surface area contributed by atoms with E-state index in [1.807, 2.05) is 5.38 Å². The van der Waals surface area contributed by atoms with Gasteiger partial charge in [0.1, 0.15) is 17.3 Å². The van der Waals surface area contributed by atoms with E-state index in [-0.39, 0.29) is 17.7 Å². The van der Waals surface area contributed by atoms with Crippen LogP contribution in [0.3, 0.4) is 0 Å². The first-order valence-corrected chi connectivity index (χ1v) is 7.08. The van der Waals surface area contributed by atoms with Gasteiger partial charge in [-0.1, -0.05) is 20.8 Å². The third-order valence-electron chi connectivity index (χ3n) is 2.64. The number of carbonyl (C=O) groups is 1. The topological polar surface area (TPSA) is 78.1 Å². The van der Waals surface area contributed by atoms with E-state index in [4.69, 9.17) is 10.5 Å². The summed E-state index contributed by atoms with van der Waals surface area (Å²) in [6, 6.07) is 3.16. The van der Waals surface area contributed by atoms with E-state index in [0.717, 1.165) is 10.7 Å². The molecular formula is C14H17N3O2S. The molecule has 0 aromatic carbocycles. The molecule has 0 aliphatic carbocycles. The Morgan fingerprint density at radius 2 is 2.15 bits per heavy atom. The van der Waals surface area contributed by atoms with Crippen LogP contribution in [0, 0.1) is 0 Å². The number of nitrogen functional groups attached to an aromatic ring is 1. The first-order chi connectivity index (χ1) is 9.36. The van der Waals surface area contributed by atoms with Gasteiger partial charge in [-0.25, -0.2) is 14.8 Å². The molecule has 2 aromatic heterocycles. The van der Waals surface area contributed by atoms with Crippen LogP contribution in [-0.2, 0) is 16.8 Å². The number of rotatable bonds is 3. The predicted octanol–water partition coefficient (Wildman–Crippen LogP) is 2.77. The molecule has 2 heterocycles. The summed E-state index contributed by atoms with van der Waals surface area (Å²) in [5.41, 5.74) is 7.26. The number of anilines is 1. The van der Waals surface area contributed by atoms with E-state index >= 15 is 0 Å². The van der Waals surface area contributed by atoms with Gasteiger partial charge in [0.05, 0.1) is 17.6 Å². The molecule has 0 spiro atoms. The molecule has 0 fully saturated rings. The fourth-order valence-corrected chi connectivity index (χ4v) is 2.38. The average molecular weight is 291 g/mol. The van der Waals surface area contributed by atoms with Crippen LogP contribution in [0.5, 0.6) is 0 Å². The van der Waals surface area contributed by atoms with Crippen molar-refractivity contribution in [2.24, 2.45) is 0 Å². The number of aromatic nitrogens is 2. The van der Waals surface area contributed by atoms with Crippen LogP contribution in [0.2, 0.25) is 0 Å². The number of hydrogen-bond donors (Lipinski definition) is 1. The molecule has 0 unspecified atom stereocenters. The number of nitrogens with zero attached hydrogens (tertiary/aromatic N) is 2. The quantitative estimate of drug-likeness (QED) is 0.880. The Kier molecular flexibility index (Phi) is 4.04. The van der Waals surface area contributed by atoms with E-state index < -0.39 is 5.97 Å². The lowest BCUT2D eigenvalue weighted by atomic mass is 9.93. The fourth-order valence-electron chi connectivity index (χ4n) is 1.45. The van der Waals surface area contributed by atoms with Crippen molar-refractivity contribution >= 4 is 23.0 Å². The summed E-state index contributed by atoms with van der Waals surface area (Å²) in [7, 11) is 0. The van der Waals surface area contributed by atoms with Crippen molar-refractivity contribution in [1.29, 1.82) is 0 Å². The molecule has 0 aliphatic rings. The highest BCUT2D eigenvalue weighted by molar-refractivity contribution is 7.09. The Bertz CT molecular complexity index is 600. The Balaban J connectivity index is 1.97. The lowest BCUT2D eigenvalue weighted by molar-refractivity contribution is 0.0465. The number of hydrogen-bond acceptors (Lipinski definition) is 6. The van der Waals surface area contributed by atoms with Gasteiger partial charge < -0.3 is 10.5 Å². The monoisotopic (exact) mass is 291 g/mol. The van der Waals surface area contributed by atoms with Crippen LogP contribution >= 0.6 is 11.3 Å². The molecule has 2 N–H and O–H groups in total. The molecule has 0 bridgehead atoms. The summed E-state index contributed by atoms with van der Waals surface area (Å²) in [5, 5.41) is 2.77. The van der Waals surface area contributed by atoms with E-state index in [2.05, 4.69) is 30.7 Å². The van der Waals surface area contributed by atoms with Crippen LogP contribution in [0.1, 0.15) is 42.0 Å². The van der Waals surface area contributed by atoms with Crippen LogP contribution in [0.25, 0.3) is 0 Å². The minimum absolute atomic E-state index is 0.00271. The number of esters is 1. The normalized spacial score (nSPS) is 11.3. The third kappa shape index (κ3) is 3.54. The zero-order valence-electron chi connectivity index (χ0n) is 11.7. The third-order valence-corrected chi connectivity index (χ3v) is 3.46. The molecular weight excluding hydrogens is 274 g/mol. The summed E-state index contributed by atoms with van der Waals surface area (Å²) in [6.07, 6.45) is 1.43. The predicted molar refractivity (Wildman–Crippen MR) is 78.6 cm³/mol. The number of carbonyl (C=O) groups excluding carboxylic acids is 1. The van der Waals surface area contributed by atoms with Crippen LogP contribution in [0.4, 0.5) is 5.69 Å². The maximum atomic E-state index is 11.8. The van der Waals surface area contributed by atoms with Crippen molar-refractivity contribution in [3.8, 4) is 0 Å². The fraction of sp³-hybridized carbons (Fsp3) is 0.357. The van der Waals surface area contributed by atoms with Crippen LogP contribution in [-0.4, -0.2) is 15.9 Å². The molecule has 106 valence electrons. The molecule has 2 aromatic rings. The van der Waals surface area contributed by atoms with Crippen molar-refractivity contribution in [2.75, 3.05) is 5.73 Å². The van der Waals surface area contributed by atoms with Crippen molar-refractivity contribution in [3.05, 3.63) is 40.1 Å². The summed E-state index contributed by atoms with van der Waals surface area (Å²) in [6.45, 7) is 6.44. The Labute approximate surface area is 121 Å². The maximum absolute atomic E-state index is 11.8. The summed E-state index contributed by atoms with van der Waals surface area (Å²) in [4.78, 5) is 20.2. The largest absolute Gasteiger partial charge is 0.454 e. The summed E-state index contributed by atoms with van der Waals surface area (Å²) < 4.78 is 5.19. The number of nitrogens with two attached hydrogens (primary N) is 1. The van der Waals surface area contributed by atoms with E-state index in [1.165, 1.54) is 17.5 Å². The highest BCUT2D eigenvalue weighted by atomic mass is 32.1. The molecule has 0 amide bonds. The molecule has 0 saturated carbocycles. The van der Waals surface area contributed by atoms with Crippen LogP contribution in [0.15, 0.2) is 23.7 Å². The molecule has 0 radical (unpaired) electrons. The van der Waals surface area contributed by atoms with Gasteiger partial charge in [-0.3, -0.25) is 0 Å². The standard InChI is InChI=1S/C14H17N3O2S/c1-14(2,3)11-8-20-12(17-11)7-19-13(18)10-5-4-9(15)6-16-10/h4-6,8H,7,15H2,1-3H3. The first-order valence-electron chi connectivity index (χ1n) is 6.20. The molecule has 0 saturated heterocycles. The van der Waals surface area contributed by atoms with Gasteiger partial charge in [-0.05, 0) is 12.1 Å². The molecule has 2 rings (SSSR count). The SMILES string of the molecule is CC(C)(C)c1csc(COC(=O)c2ccc(N)cn2)n1. The second kappa shape index (κ2) is 5.58. The number of ether oxygens (including phenoxy) is 1. The van der Waals surface area contributed by atoms with Crippen molar-refractivity contribution < 1.29 is 9.53 Å². The maximum Gasteiger partial charge on any atom is 0.357 e. The van der Waals surface area contributed by atoms with Gasteiger partial charge >= 0.3 is 5.97 Å². The van der Waals surface area contributed by atoms with Gasteiger partial charge in [0.2, 0.25) is 0 Å². The first kappa shape index (κ1) is 14.5. The highest BCUT2D eigenvalue weighted by Gasteiger charge is 2.18. The average Bonchev–Trinajstić information content (AvgIpc) is 2.85. The van der Waals surface area contributed by atoms with Gasteiger partial charge in [0, 0.05) is 10.8 Å². The van der Waals surface area contributed by atoms with Gasteiger partial charge in [0.15, 0.2) is 0 Å². The van der Waals surface area contributed by atoms with Crippen molar-refractivity contribution in [1.82, 2.24) is 9.97 Å². The zero-order valence-corrected chi connectivity index (χ0v) is 12.5. The molecule has 0 aliphatic heterocycles. The lowest BCUT2D eigenvalue weighted by Crippen LogP contribution is -2.12. The minimum atomic E-state index is -0.475. The van der Waals surface area contributed by atoms with Crippen molar-refractivity contribution in [3.63, 3.8) is 0 Å². The van der Waals surface area contributed by atoms with Gasteiger partial charge in [0.25, 0.3) is 0 Å². The summed E-state index contributed by atoms with van der Waals surface area (Å²) >= 11 is 1.49. The highest BCUT2D eigenvalue weighted by Crippen LogP contribution is 2.24. The van der Waals surface area contributed by atoms with E-state index in [1.54, 1.807) is 12.1 Å². The van der Waals surface area contributed by atoms with E-state index in [0.29, 0.717) is 5.69 Å². The van der Waals surface area contributed by atoms with Gasteiger partial charge in [-0.15, -0.1) is 11.3 Å². The van der Waals surface area contributed by atoms with Crippen molar-refractivity contribution in [2.45, 2.75) is 32.8 Å². The summed E-state index contributed by atoms with van der Waals surface area (Å²) in [5.74, 6) is -0.475. The second-order valence-corrected chi connectivity index (χ2v) is 6.37. The molecule has 20 heavy (non-hydrogen) atoms. The Morgan fingerprint density at radius 3 is 2.70 bits per heavy atom. The minimum Gasteiger partial charge on any atom is -0.454 e. The zero-order chi connectivity index (χ0) is 14.8.